The Hall–Kier alpha value is -2.44. The maximum Gasteiger partial charge on any atom is 0.255 e. The van der Waals surface area contributed by atoms with Gasteiger partial charge in [0.2, 0.25) is 0 Å². The van der Waals surface area contributed by atoms with Crippen LogP contribution in [0.4, 0.5) is 5.82 Å². The summed E-state index contributed by atoms with van der Waals surface area (Å²) in [6.45, 7) is 3.84. The van der Waals surface area contributed by atoms with Crippen LogP contribution in [0.1, 0.15) is 15.9 Å². The number of fused-ring (bicyclic) bond motifs is 2. The largest absolute Gasteiger partial charge is 0.384 e. The summed E-state index contributed by atoms with van der Waals surface area (Å²) < 4.78 is 6.05. The van der Waals surface area contributed by atoms with Crippen molar-refractivity contribution < 1.29 is 9.53 Å². The minimum atomic E-state index is 0.00214. The molecule has 25 heavy (non-hydrogen) atoms. The van der Waals surface area contributed by atoms with E-state index in [1.165, 1.54) is 5.56 Å². The van der Waals surface area contributed by atoms with Crippen LogP contribution in [0, 0.1) is 0 Å². The zero-order chi connectivity index (χ0) is 17.2. The fraction of sp³-hybridized carbons (Fsp3) is 0.368. The van der Waals surface area contributed by atoms with E-state index in [1.807, 2.05) is 11.0 Å². The number of nitrogen functional groups attached to an aromatic ring is 1. The molecule has 0 spiro atoms. The van der Waals surface area contributed by atoms with Gasteiger partial charge in [0.25, 0.3) is 5.91 Å². The average Bonchev–Trinajstić information content (AvgIpc) is 2.62. The highest BCUT2D eigenvalue weighted by molar-refractivity contribution is 5.94. The molecule has 2 N–H and O–H groups in total. The Morgan fingerprint density at radius 3 is 2.44 bits per heavy atom. The first-order valence-corrected chi connectivity index (χ1v) is 8.60. The normalized spacial score (nSPS) is 23.4. The fourth-order valence-electron chi connectivity index (χ4n) is 3.63. The number of carbonyl (C=O) groups is 1. The number of morpholine rings is 2. The van der Waals surface area contributed by atoms with Gasteiger partial charge in [0.1, 0.15) is 5.82 Å². The van der Waals surface area contributed by atoms with Gasteiger partial charge < -0.3 is 15.4 Å². The SMILES string of the molecule is Nc1ccc(C(=O)N2CC3CN(Cc4ccccc4)CC(C2)O3)cn1. The molecule has 6 heteroatoms. The summed E-state index contributed by atoms with van der Waals surface area (Å²) in [5.41, 5.74) is 7.48. The molecule has 130 valence electrons. The molecule has 2 bridgehead atoms. The monoisotopic (exact) mass is 338 g/mol. The number of benzene rings is 1. The van der Waals surface area contributed by atoms with Crippen molar-refractivity contribution in [1.29, 1.82) is 0 Å². The topological polar surface area (TPSA) is 71.7 Å². The second kappa shape index (κ2) is 6.82. The minimum absolute atomic E-state index is 0.00214. The number of nitrogens with zero attached hydrogens (tertiary/aromatic N) is 3. The maximum absolute atomic E-state index is 12.7. The van der Waals surface area contributed by atoms with Gasteiger partial charge in [0.15, 0.2) is 0 Å². The lowest BCUT2D eigenvalue weighted by molar-refractivity contribution is -0.131. The average molecular weight is 338 g/mol. The van der Waals surface area contributed by atoms with Gasteiger partial charge in [-0.15, -0.1) is 0 Å². The second-order valence-electron chi connectivity index (χ2n) is 6.74. The molecule has 0 aliphatic carbocycles. The van der Waals surface area contributed by atoms with Crippen molar-refractivity contribution in [1.82, 2.24) is 14.8 Å². The third-order valence-corrected chi connectivity index (χ3v) is 4.73. The van der Waals surface area contributed by atoms with Gasteiger partial charge in [-0.3, -0.25) is 9.69 Å². The summed E-state index contributed by atoms with van der Waals surface area (Å²) >= 11 is 0. The molecule has 0 radical (unpaired) electrons. The molecule has 1 aromatic heterocycles. The van der Waals surface area contributed by atoms with Crippen molar-refractivity contribution in [3.8, 4) is 0 Å². The Morgan fingerprint density at radius 1 is 1.08 bits per heavy atom. The van der Waals surface area contributed by atoms with E-state index in [2.05, 4.69) is 34.1 Å². The van der Waals surface area contributed by atoms with Crippen molar-refractivity contribution in [2.75, 3.05) is 31.9 Å². The van der Waals surface area contributed by atoms with Crippen LogP contribution in [0.25, 0.3) is 0 Å². The molecule has 1 aromatic carbocycles. The first-order chi connectivity index (χ1) is 12.2. The molecule has 2 saturated heterocycles. The van der Waals surface area contributed by atoms with Crippen LogP contribution in [-0.4, -0.2) is 59.1 Å². The number of pyridine rings is 1. The molecule has 2 fully saturated rings. The highest BCUT2D eigenvalue weighted by atomic mass is 16.5. The van der Waals surface area contributed by atoms with Crippen LogP contribution < -0.4 is 5.73 Å². The standard InChI is InChI=1S/C19H22N4O2/c20-18-7-6-15(8-21-18)19(24)23-12-16-10-22(11-17(13-23)25-16)9-14-4-2-1-3-5-14/h1-8,16-17H,9-13H2,(H2,20,21). The van der Waals surface area contributed by atoms with Gasteiger partial charge in [0.05, 0.1) is 17.8 Å². The number of amides is 1. The lowest BCUT2D eigenvalue weighted by Crippen LogP contribution is -2.60. The molecule has 2 aliphatic heterocycles. The van der Waals surface area contributed by atoms with Crippen LogP contribution in [0.2, 0.25) is 0 Å². The van der Waals surface area contributed by atoms with Crippen molar-refractivity contribution in [2.24, 2.45) is 0 Å². The second-order valence-corrected chi connectivity index (χ2v) is 6.74. The third kappa shape index (κ3) is 3.65. The molecule has 4 rings (SSSR count). The van der Waals surface area contributed by atoms with Gasteiger partial charge >= 0.3 is 0 Å². The van der Waals surface area contributed by atoms with Crippen LogP contribution >= 0.6 is 0 Å². The van der Waals surface area contributed by atoms with Crippen LogP contribution in [0.5, 0.6) is 0 Å². The molecule has 2 aromatic rings. The van der Waals surface area contributed by atoms with E-state index in [4.69, 9.17) is 10.5 Å². The highest BCUT2D eigenvalue weighted by Gasteiger charge is 2.36. The van der Waals surface area contributed by atoms with Gasteiger partial charge in [-0.2, -0.15) is 0 Å². The molecule has 1 amide bonds. The van der Waals surface area contributed by atoms with E-state index in [0.29, 0.717) is 24.5 Å². The van der Waals surface area contributed by atoms with E-state index >= 15 is 0 Å². The predicted octanol–water partition coefficient (Wildman–Crippen LogP) is 1.39. The number of carbonyl (C=O) groups excluding carboxylic acids is 1. The maximum atomic E-state index is 12.7. The molecular formula is C19H22N4O2. The summed E-state index contributed by atoms with van der Waals surface area (Å²) in [7, 11) is 0. The first-order valence-electron chi connectivity index (χ1n) is 8.60. The fourth-order valence-corrected chi connectivity index (χ4v) is 3.63. The van der Waals surface area contributed by atoms with Crippen LogP contribution in [-0.2, 0) is 11.3 Å². The van der Waals surface area contributed by atoms with Crippen molar-refractivity contribution in [3.63, 3.8) is 0 Å². The summed E-state index contributed by atoms with van der Waals surface area (Å²) in [5.74, 6) is 0.425. The highest BCUT2D eigenvalue weighted by Crippen LogP contribution is 2.22. The summed E-state index contributed by atoms with van der Waals surface area (Å²) in [5, 5.41) is 0. The van der Waals surface area contributed by atoms with Crippen LogP contribution in [0.3, 0.4) is 0 Å². The zero-order valence-electron chi connectivity index (χ0n) is 14.0. The quantitative estimate of drug-likeness (QED) is 0.916. The summed E-state index contributed by atoms with van der Waals surface area (Å²) in [4.78, 5) is 21.0. The number of hydrogen-bond acceptors (Lipinski definition) is 5. The van der Waals surface area contributed by atoms with Gasteiger partial charge in [-0.1, -0.05) is 30.3 Å². The number of nitrogens with two attached hydrogens (primary N) is 1. The smallest absolute Gasteiger partial charge is 0.255 e. The summed E-state index contributed by atoms with van der Waals surface area (Å²) in [6.07, 6.45) is 1.66. The van der Waals surface area contributed by atoms with Crippen LogP contribution in [0.15, 0.2) is 48.7 Å². The first kappa shape index (κ1) is 16.1. The van der Waals surface area contributed by atoms with Crippen molar-refractivity contribution in [2.45, 2.75) is 18.8 Å². The van der Waals surface area contributed by atoms with Gasteiger partial charge in [-0.05, 0) is 17.7 Å². The summed E-state index contributed by atoms with van der Waals surface area (Å²) in [6, 6.07) is 13.9. The number of anilines is 1. The molecule has 2 atom stereocenters. The molecule has 3 heterocycles. The van der Waals surface area contributed by atoms with Crippen molar-refractivity contribution in [3.05, 3.63) is 59.8 Å². The minimum Gasteiger partial charge on any atom is -0.384 e. The Labute approximate surface area is 147 Å². The van der Waals surface area contributed by atoms with E-state index in [-0.39, 0.29) is 18.1 Å². The lowest BCUT2D eigenvalue weighted by atomic mass is 10.1. The molecule has 6 nitrogen and oxygen atoms in total. The van der Waals surface area contributed by atoms with Gasteiger partial charge in [-0.25, -0.2) is 4.98 Å². The Bertz CT molecular complexity index is 721. The Balaban J connectivity index is 1.40. The number of aromatic nitrogens is 1. The lowest BCUT2D eigenvalue weighted by Gasteiger charge is -2.45. The molecule has 2 unspecified atom stereocenters. The van der Waals surface area contributed by atoms with Crippen molar-refractivity contribution >= 4 is 11.7 Å². The number of ether oxygens (including phenoxy) is 1. The van der Waals surface area contributed by atoms with E-state index in [1.54, 1.807) is 18.3 Å². The molecule has 0 saturated carbocycles. The third-order valence-electron chi connectivity index (χ3n) is 4.73. The van der Waals surface area contributed by atoms with E-state index < -0.39 is 0 Å². The number of hydrogen-bond donors (Lipinski definition) is 1. The Kier molecular flexibility index (Phi) is 4.38. The van der Waals surface area contributed by atoms with E-state index in [9.17, 15) is 4.79 Å². The zero-order valence-corrected chi connectivity index (χ0v) is 14.0. The predicted molar refractivity (Wildman–Crippen MR) is 94.9 cm³/mol. The Morgan fingerprint density at radius 2 is 1.80 bits per heavy atom. The number of rotatable bonds is 3. The molecule has 2 aliphatic rings. The van der Waals surface area contributed by atoms with E-state index in [0.717, 1.165) is 19.6 Å². The molecular weight excluding hydrogens is 316 g/mol. The van der Waals surface area contributed by atoms with Gasteiger partial charge in [0, 0.05) is 38.9 Å².